The summed E-state index contributed by atoms with van der Waals surface area (Å²) < 4.78 is 0. The van der Waals surface area contributed by atoms with Crippen LogP contribution in [0.3, 0.4) is 0 Å². The van der Waals surface area contributed by atoms with E-state index in [-0.39, 0.29) is 12.2 Å². The second-order valence-electron chi connectivity index (χ2n) is 3.63. The minimum atomic E-state index is -0.821. The summed E-state index contributed by atoms with van der Waals surface area (Å²) in [6, 6.07) is 6.22. The predicted octanol–water partition coefficient (Wildman–Crippen LogP) is 2.23. The molecule has 4 nitrogen and oxygen atoms in total. The molecule has 0 saturated heterocycles. The van der Waals surface area contributed by atoms with Crippen molar-refractivity contribution in [1.82, 2.24) is 0 Å². The van der Waals surface area contributed by atoms with Crippen LogP contribution in [0.15, 0.2) is 24.3 Å². The van der Waals surface area contributed by atoms with Crippen molar-refractivity contribution >= 4 is 5.78 Å². The first kappa shape index (κ1) is 11.4. The molecule has 4 heteroatoms. The molecule has 1 rings (SSSR count). The highest BCUT2D eigenvalue weighted by molar-refractivity contribution is 5.96. The van der Waals surface area contributed by atoms with Crippen molar-refractivity contribution in [3.63, 3.8) is 0 Å². The molecule has 15 heavy (non-hydrogen) atoms. The van der Waals surface area contributed by atoms with Crippen LogP contribution < -0.4 is 0 Å². The largest absolute Gasteiger partial charge is 0.294 e. The maximum Gasteiger partial charge on any atom is 0.217 e. The number of aryl methyl sites for hydroxylation is 1. The highest BCUT2D eigenvalue weighted by Crippen LogP contribution is 2.08. The van der Waals surface area contributed by atoms with Crippen LogP contribution in [-0.4, -0.2) is 16.7 Å². The number of benzene rings is 1. The van der Waals surface area contributed by atoms with Crippen LogP contribution in [0.25, 0.3) is 0 Å². The molecule has 0 radical (unpaired) electrons. The normalized spacial score (nSPS) is 12.1. The third kappa shape index (κ3) is 3.16. The minimum Gasteiger partial charge on any atom is -0.294 e. The first-order valence-electron chi connectivity index (χ1n) is 4.74. The van der Waals surface area contributed by atoms with Crippen molar-refractivity contribution in [1.29, 1.82) is 0 Å². The molecule has 0 aliphatic rings. The molecule has 1 unspecified atom stereocenters. The molecule has 0 fully saturated rings. The fraction of sp³-hybridized carbons (Fsp3) is 0.364. The van der Waals surface area contributed by atoms with Crippen molar-refractivity contribution in [2.45, 2.75) is 26.3 Å². The van der Waals surface area contributed by atoms with Gasteiger partial charge in [0.2, 0.25) is 6.04 Å². The zero-order valence-corrected chi connectivity index (χ0v) is 8.77. The lowest BCUT2D eigenvalue weighted by atomic mass is 10.0. The number of hydrogen-bond acceptors (Lipinski definition) is 3. The molecule has 1 aromatic carbocycles. The number of Topliss-reactive ketones (excluding diaryl/α,β-unsaturated/α-hetero) is 1. The molecule has 1 atom stereocenters. The van der Waals surface area contributed by atoms with Gasteiger partial charge in [-0.15, -0.1) is 0 Å². The summed E-state index contributed by atoms with van der Waals surface area (Å²) >= 11 is 0. The van der Waals surface area contributed by atoms with Gasteiger partial charge in [0.25, 0.3) is 0 Å². The Kier molecular flexibility index (Phi) is 3.55. The molecule has 0 aliphatic carbocycles. The molecule has 0 spiro atoms. The fourth-order valence-electron chi connectivity index (χ4n) is 1.20. The maximum absolute atomic E-state index is 11.6. The molecule has 80 valence electrons. The predicted molar refractivity (Wildman–Crippen MR) is 56.6 cm³/mol. The number of nitrogens with zero attached hydrogens (tertiary/aromatic N) is 1. The Labute approximate surface area is 88.1 Å². The zero-order valence-electron chi connectivity index (χ0n) is 8.77. The lowest BCUT2D eigenvalue weighted by Crippen LogP contribution is -2.19. The van der Waals surface area contributed by atoms with E-state index in [0.29, 0.717) is 5.56 Å². The molecule has 0 amide bonds. The van der Waals surface area contributed by atoms with Gasteiger partial charge in [0.15, 0.2) is 5.78 Å². The van der Waals surface area contributed by atoms with Crippen LogP contribution >= 0.6 is 0 Å². The summed E-state index contributed by atoms with van der Waals surface area (Å²) in [5.41, 5.74) is 1.60. The van der Waals surface area contributed by atoms with E-state index in [0.717, 1.165) is 5.56 Å². The average molecular weight is 207 g/mol. The summed E-state index contributed by atoms with van der Waals surface area (Å²) in [6.07, 6.45) is -0.0456. The van der Waals surface area contributed by atoms with Gasteiger partial charge in [0.05, 0.1) is 6.42 Å². The first-order valence-corrected chi connectivity index (χ1v) is 4.74. The van der Waals surface area contributed by atoms with E-state index in [1.54, 1.807) is 12.1 Å². The molecule has 1 aromatic rings. The topological polar surface area (TPSA) is 60.2 Å². The van der Waals surface area contributed by atoms with Gasteiger partial charge in [-0.1, -0.05) is 29.8 Å². The maximum atomic E-state index is 11.6. The number of hydrogen-bond donors (Lipinski definition) is 0. The molecular formula is C11H13NO3. The van der Waals surface area contributed by atoms with Crippen molar-refractivity contribution in [3.05, 3.63) is 45.5 Å². The van der Waals surface area contributed by atoms with Crippen LogP contribution in [0.1, 0.15) is 29.3 Å². The average Bonchev–Trinajstić information content (AvgIpc) is 2.18. The fourth-order valence-corrected chi connectivity index (χ4v) is 1.20. The Balaban J connectivity index is 2.69. The van der Waals surface area contributed by atoms with E-state index >= 15 is 0 Å². The number of carbonyl (C=O) groups is 1. The molecule has 0 N–H and O–H groups in total. The zero-order chi connectivity index (χ0) is 11.4. The highest BCUT2D eigenvalue weighted by Gasteiger charge is 2.18. The number of ketones is 1. The molecule has 0 heterocycles. The highest BCUT2D eigenvalue weighted by atomic mass is 16.6. The van der Waals surface area contributed by atoms with Gasteiger partial charge in [-0.2, -0.15) is 0 Å². The van der Waals surface area contributed by atoms with Gasteiger partial charge >= 0.3 is 0 Å². The summed E-state index contributed by atoms with van der Waals surface area (Å²) in [7, 11) is 0. The van der Waals surface area contributed by atoms with Gasteiger partial charge in [-0.25, -0.2) is 0 Å². The number of rotatable bonds is 4. The van der Waals surface area contributed by atoms with Gasteiger partial charge in [0.1, 0.15) is 0 Å². The van der Waals surface area contributed by atoms with E-state index in [4.69, 9.17) is 0 Å². The van der Waals surface area contributed by atoms with Crippen LogP contribution in [0.2, 0.25) is 0 Å². The lowest BCUT2D eigenvalue weighted by Gasteiger charge is -2.03. The van der Waals surface area contributed by atoms with Crippen molar-refractivity contribution in [2.75, 3.05) is 0 Å². The van der Waals surface area contributed by atoms with Crippen LogP contribution in [-0.2, 0) is 0 Å². The Morgan fingerprint density at radius 2 is 1.93 bits per heavy atom. The van der Waals surface area contributed by atoms with E-state index in [1.165, 1.54) is 6.92 Å². The molecular weight excluding hydrogens is 194 g/mol. The second kappa shape index (κ2) is 4.68. The van der Waals surface area contributed by atoms with Crippen LogP contribution in [0.4, 0.5) is 0 Å². The Morgan fingerprint density at radius 1 is 1.40 bits per heavy atom. The van der Waals surface area contributed by atoms with E-state index in [9.17, 15) is 14.9 Å². The van der Waals surface area contributed by atoms with Crippen LogP contribution in [0.5, 0.6) is 0 Å². The molecule has 0 bridgehead atoms. The summed E-state index contributed by atoms with van der Waals surface area (Å²) in [5.74, 6) is -0.181. The van der Waals surface area contributed by atoms with Gasteiger partial charge < -0.3 is 0 Å². The summed E-state index contributed by atoms with van der Waals surface area (Å²) in [6.45, 7) is 3.36. The van der Waals surface area contributed by atoms with Crippen molar-refractivity contribution in [2.24, 2.45) is 0 Å². The minimum absolute atomic E-state index is 0.0456. The van der Waals surface area contributed by atoms with Crippen molar-refractivity contribution < 1.29 is 9.72 Å². The quantitative estimate of drug-likeness (QED) is 0.432. The van der Waals surface area contributed by atoms with Gasteiger partial charge in [-0.05, 0) is 6.92 Å². The standard InChI is InChI=1S/C11H13NO3/c1-8-3-5-10(6-4-8)11(13)7-9(2)12(14)15/h3-6,9H,7H2,1-2H3. The summed E-state index contributed by atoms with van der Waals surface area (Å²) in [4.78, 5) is 21.5. The van der Waals surface area contributed by atoms with Crippen LogP contribution in [0, 0.1) is 17.0 Å². The Bertz CT molecular complexity index is 370. The van der Waals surface area contributed by atoms with E-state index in [2.05, 4.69) is 0 Å². The number of carbonyl (C=O) groups excluding carboxylic acids is 1. The molecule has 0 saturated carbocycles. The number of nitro groups is 1. The smallest absolute Gasteiger partial charge is 0.217 e. The van der Waals surface area contributed by atoms with Crippen molar-refractivity contribution in [3.8, 4) is 0 Å². The molecule has 0 aliphatic heterocycles. The Morgan fingerprint density at radius 3 is 2.40 bits per heavy atom. The third-order valence-electron chi connectivity index (χ3n) is 2.21. The first-order chi connectivity index (χ1) is 7.00. The molecule has 0 aromatic heterocycles. The SMILES string of the molecule is Cc1ccc(C(=O)CC(C)[N+](=O)[O-])cc1. The van der Waals surface area contributed by atoms with Gasteiger partial charge in [-0.3, -0.25) is 14.9 Å². The van der Waals surface area contributed by atoms with Gasteiger partial charge in [0, 0.05) is 17.4 Å². The lowest BCUT2D eigenvalue weighted by molar-refractivity contribution is -0.516. The summed E-state index contributed by atoms with van der Waals surface area (Å²) in [5, 5.41) is 10.4. The van der Waals surface area contributed by atoms with E-state index in [1.807, 2.05) is 19.1 Å². The monoisotopic (exact) mass is 207 g/mol. The second-order valence-corrected chi connectivity index (χ2v) is 3.63. The Hall–Kier alpha value is -1.71. The van der Waals surface area contributed by atoms with E-state index < -0.39 is 11.0 Å². The third-order valence-corrected chi connectivity index (χ3v) is 2.21.